The van der Waals surface area contributed by atoms with Crippen molar-refractivity contribution in [1.29, 1.82) is 0 Å². The zero-order valence-corrected chi connectivity index (χ0v) is 14.0. The number of hydrogen-bond donors (Lipinski definition) is 1. The Hall–Kier alpha value is -1.24. The number of nitrogens with one attached hydrogen (secondary N) is 1. The van der Waals surface area contributed by atoms with Crippen LogP contribution < -0.4 is 5.32 Å². The molecule has 1 aromatic heterocycles. The van der Waals surface area contributed by atoms with Crippen LogP contribution in [-0.2, 0) is 6.54 Å². The maximum Gasteiger partial charge on any atom is 0.100 e. The van der Waals surface area contributed by atoms with Crippen LogP contribution in [0.4, 0.5) is 0 Å². The smallest absolute Gasteiger partial charge is 0.100 e. The first kappa shape index (κ1) is 14.7. The van der Waals surface area contributed by atoms with E-state index in [0.717, 1.165) is 54.3 Å². The molecule has 1 aromatic carbocycles. The van der Waals surface area contributed by atoms with Gasteiger partial charge >= 0.3 is 0 Å². The molecule has 2 heterocycles. The van der Waals surface area contributed by atoms with Gasteiger partial charge in [0.2, 0.25) is 0 Å². The van der Waals surface area contributed by atoms with Crippen LogP contribution in [-0.4, -0.2) is 46.1 Å². The third kappa shape index (κ3) is 3.17. The van der Waals surface area contributed by atoms with Crippen LogP contribution in [0.2, 0.25) is 0 Å². The second-order valence-electron chi connectivity index (χ2n) is 5.49. The van der Waals surface area contributed by atoms with Crippen LogP contribution >= 0.6 is 15.9 Å². The van der Waals surface area contributed by atoms with E-state index >= 15 is 0 Å². The first-order valence-corrected chi connectivity index (χ1v) is 8.05. The minimum absolute atomic E-state index is 0.878. The summed E-state index contributed by atoms with van der Waals surface area (Å²) in [7, 11) is 0. The maximum atomic E-state index is 4.38. The van der Waals surface area contributed by atoms with Crippen LogP contribution in [0.15, 0.2) is 22.7 Å². The van der Waals surface area contributed by atoms with Gasteiger partial charge in [-0.2, -0.15) is 0 Å². The summed E-state index contributed by atoms with van der Waals surface area (Å²) in [4.78, 5) is 2.42. The average molecular weight is 350 g/mol. The van der Waals surface area contributed by atoms with Crippen LogP contribution in [0.3, 0.4) is 0 Å². The Labute approximate surface area is 133 Å². The van der Waals surface area contributed by atoms with Gasteiger partial charge in [0.15, 0.2) is 0 Å². The van der Waals surface area contributed by atoms with Crippen molar-refractivity contribution in [3.05, 3.63) is 39.6 Å². The lowest BCUT2D eigenvalue weighted by atomic mass is 10.2. The Morgan fingerprint density at radius 1 is 1.24 bits per heavy atom. The fourth-order valence-corrected chi connectivity index (χ4v) is 2.84. The summed E-state index contributed by atoms with van der Waals surface area (Å²) in [6, 6.07) is 6.25. The number of nitrogens with zero attached hydrogens (tertiary/aromatic N) is 4. The Balaban J connectivity index is 1.82. The molecule has 0 aliphatic carbocycles. The molecule has 1 aliphatic rings. The Bertz CT molecular complexity index is 631. The van der Waals surface area contributed by atoms with Crippen LogP contribution in [0.1, 0.15) is 17.0 Å². The number of benzene rings is 1. The molecular weight excluding hydrogens is 330 g/mol. The largest absolute Gasteiger partial charge is 0.314 e. The molecule has 3 rings (SSSR count). The van der Waals surface area contributed by atoms with Crippen molar-refractivity contribution in [1.82, 2.24) is 25.2 Å². The van der Waals surface area contributed by atoms with E-state index in [2.05, 4.69) is 68.5 Å². The van der Waals surface area contributed by atoms with Crippen LogP contribution in [0.5, 0.6) is 0 Å². The number of hydrogen-bond acceptors (Lipinski definition) is 4. The monoisotopic (exact) mass is 349 g/mol. The zero-order valence-electron chi connectivity index (χ0n) is 12.4. The van der Waals surface area contributed by atoms with Gasteiger partial charge in [-0.25, -0.2) is 4.68 Å². The number of piperazine rings is 1. The fraction of sp³-hybridized carbons (Fsp3) is 0.467. The van der Waals surface area contributed by atoms with Crippen molar-refractivity contribution in [2.75, 3.05) is 26.2 Å². The molecule has 0 bridgehead atoms. The topological polar surface area (TPSA) is 46.0 Å². The van der Waals surface area contributed by atoms with E-state index in [1.807, 2.05) is 4.68 Å². The molecule has 0 atom stereocenters. The van der Waals surface area contributed by atoms with Crippen molar-refractivity contribution in [3.63, 3.8) is 0 Å². The Morgan fingerprint density at radius 3 is 2.71 bits per heavy atom. The standard InChI is InChI=1S/C15H20BrN5/c1-11-9-13(3-4-14(11)16)21-12(2)15(18-19-21)10-20-7-5-17-6-8-20/h3-4,9,17H,5-8,10H2,1-2H3. The number of halogens is 1. The SMILES string of the molecule is Cc1cc(-n2nnc(CN3CCNCC3)c2C)ccc1Br. The van der Waals surface area contributed by atoms with Gasteiger partial charge in [-0.3, -0.25) is 4.90 Å². The zero-order chi connectivity index (χ0) is 14.8. The number of aromatic nitrogens is 3. The fourth-order valence-electron chi connectivity index (χ4n) is 2.59. The van der Waals surface area contributed by atoms with E-state index in [1.54, 1.807) is 0 Å². The van der Waals surface area contributed by atoms with E-state index in [4.69, 9.17) is 0 Å². The first-order valence-electron chi connectivity index (χ1n) is 7.26. The molecule has 0 saturated carbocycles. The van der Waals surface area contributed by atoms with Crippen LogP contribution in [0.25, 0.3) is 5.69 Å². The summed E-state index contributed by atoms with van der Waals surface area (Å²) >= 11 is 3.53. The van der Waals surface area contributed by atoms with Gasteiger partial charge in [0.25, 0.3) is 0 Å². The molecule has 0 unspecified atom stereocenters. The second kappa shape index (κ2) is 6.25. The summed E-state index contributed by atoms with van der Waals surface area (Å²) in [6.45, 7) is 9.31. The lowest BCUT2D eigenvalue weighted by molar-refractivity contribution is 0.230. The highest BCUT2D eigenvalue weighted by Gasteiger charge is 2.16. The minimum Gasteiger partial charge on any atom is -0.314 e. The summed E-state index contributed by atoms with van der Waals surface area (Å²) < 4.78 is 3.04. The maximum absolute atomic E-state index is 4.38. The van der Waals surface area contributed by atoms with E-state index in [-0.39, 0.29) is 0 Å². The van der Waals surface area contributed by atoms with Crippen molar-refractivity contribution >= 4 is 15.9 Å². The van der Waals surface area contributed by atoms with Gasteiger partial charge < -0.3 is 5.32 Å². The molecule has 1 saturated heterocycles. The van der Waals surface area contributed by atoms with E-state index < -0.39 is 0 Å². The molecule has 112 valence electrons. The predicted octanol–water partition coefficient (Wildman–Crippen LogP) is 2.05. The third-order valence-electron chi connectivity index (χ3n) is 3.96. The molecule has 0 amide bonds. The Morgan fingerprint density at radius 2 is 2.00 bits per heavy atom. The third-order valence-corrected chi connectivity index (χ3v) is 4.85. The molecule has 2 aromatic rings. The molecule has 1 N–H and O–H groups in total. The molecule has 0 radical (unpaired) electrons. The van der Waals surface area contributed by atoms with Crippen molar-refractivity contribution in [2.45, 2.75) is 20.4 Å². The number of rotatable bonds is 3. The summed E-state index contributed by atoms with van der Waals surface area (Å²) in [5.41, 5.74) is 4.45. The lowest BCUT2D eigenvalue weighted by Crippen LogP contribution is -2.43. The minimum atomic E-state index is 0.878. The van der Waals surface area contributed by atoms with Gasteiger partial charge in [-0.15, -0.1) is 5.10 Å². The van der Waals surface area contributed by atoms with E-state index in [1.165, 1.54) is 5.56 Å². The van der Waals surface area contributed by atoms with E-state index in [0.29, 0.717) is 0 Å². The van der Waals surface area contributed by atoms with E-state index in [9.17, 15) is 0 Å². The van der Waals surface area contributed by atoms with Crippen molar-refractivity contribution in [3.8, 4) is 5.69 Å². The van der Waals surface area contributed by atoms with Crippen LogP contribution in [0, 0.1) is 13.8 Å². The van der Waals surface area contributed by atoms with Crippen molar-refractivity contribution < 1.29 is 0 Å². The lowest BCUT2D eigenvalue weighted by Gasteiger charge is -2.26. The molecule has 6 heteroatoms. The van der Waals surface area contributed by atoms with Gasteiger partial charge in [-0.1, -0.05) is 21.1 Å². The molecule has 0 spiro atoms. The average Bonchev–Trinajstić information content (AvgIpc) is 2.84. The molecule has 21 heavy (non-hydrogen) atoms. The first-order chi connectivity index (χ1) is 10.1. The molecule has 5 nitrogen and oxygen atoms in total. The van der Waals surface area contributed by atoms with Gasteiger partial charge in [0.1, 0.15) is 5.69 Å². The highest BCUT2D eigenvalue weighted by Crippen LogP contribution is 2.21. The molecule has 1 aliphatic heterocycles. The van der Waals surface area contributed by atoms with Crippen molar-refractivity contribution in [2.24, 2.45) is 0 Å². The van der Waals surface area contributed by atoms with Gasteiger partial charge in [0.05, 0.1) is 11.4 Å². The summed E-state index contributed by atoms with van der Waals surface area (Å²) in [5, 5.41) is 12.1. The van der Waals surface area contributed by atoms with Gasteiger partial charge in [-0.05, 0) is 37.6 Å². The highest BCUT2D eigenvalue weighted by molar-refractivity contribution is 9.10. The molecular formula is C15H20BrN5. The normalized spacial score (nSPS) is 16.3. The second-order valence-corrected chi connectivity index (χ2v) is 6.35. The predicted molar refractivity (Wildman–Crippen MR) is 86.7 cm³/mol. The van der Waals surface area contributed by atoms with Gasteiger partial charge in [0, 0.05) is 37.2 Å². The summed E-state index contributed by atoms with van der Waals surface area (Å²) in [5.74, 6) is 0. The quantitative estimate of drug-likeness (QED) is 0.921. The summed E-state index contributed by atoms with van der Waals surface area (Å²) in [6.07, 6.45) is 0. The Kier molecular flexibility index (Phi) is 4.37. The highest BCUT2D eigenvalue weighted by atomic mass is 79.9. The molecule has 1 fully saturated rings. The number of aryl methyl sites for hydroxylation is 1.